The van der Waals surface area contributed by atoms with Crippen molar-refractivity contribution in [1.29, 1.82) is 0 Å². The van der Waals surface area contributed by atoms with Gasteiger partial charge in [0.25, 0.3) is 10.0 Å². The highest BCUT2D eigenvalue weighted by Gasteiger charge is 2.28. The molecule has 6 nitrogen and oxygen atoms in total. The van der Waals surface area contributed by atoms with E-state index in [0.29, 0.717) is 16.8 Å². The summed E-state index contributed by atoms with van der Waals surface area (Å²) in [5.74, 6) is 6.32. The molecule has 1 aliphatic heterocycles. The van der Waals surface area contributed by atoms with Crippen LogP contribution in [0.2, 0.25) is 0 Å². The van der Waals surface area contributed by atoms with Gasteiger partial charge in [0.2, 0.25) is 0 Å². The highest BCUT2D eigenvalue weighted by molar-refractivity contribution is 7.90. The van der Waals surface area contributed by atoms with Gasteiger partial charge in [0.05, 0.1) is 27.8 Å². The first-order chi connectivity index (χ1) is 17.9. The molecule has 37 heavy (non-hydrogen) atoms. The van der Waals surface area contributed by atoms with Crippen molar-refractivity contribution in [3.05, 3.63) is 90.0 Å². The van der Waals surface area contributed by atoms with Crippen LogP contribution in [0.3, 0.4) is 0 Å². The Morgan fingerprint density at radius 3 is 2.43 bits per heavy atom. The lowest BCUT2D eigenvalue weighted by Crippen LogP contribution is -2.43. The largest absolute Gasteiger partial charge is 0.348 e. The van der Waals surface area contributed by atoms with Gasteiger partial charge in [0.1, 0.15) is 6.61 Å². The topological polar surface area (TPSA) is 83.5 Å². The normalized spacial score (nSPS) is 19.9. The van der Waals surface area contributed by atoms with Gasteiger partial charge < -0.3 is 15.2 Å². The first-order valence-corrected chi connectivity index (χ1v) is 13.8. The molecule has 0 aliphatic carbocycles. The molecule has 0 unspecified atom stereocenters. The van der Waals surface area contributed by atoms with E-state index >= 15 is 0 Å². The third-order valence-electron chi connectivity index (χ3n) is 6.70. The van der Waals surface area contributed by atoms with Crippen molar-refractivity contribution >= 4 is 20.9 Å². The number of nitrogens with zero attached hydrogens (tertiary/aromatic N) is 1. The fourth-order valence-corrected chi connectivity index (χ4v) is 6.16. The number of ether oxygens (including phenoxy) is 2. The lowest BCUT2D eigenvalue weighted by atomic mass is 10.0. The van der Waals surface area contributed by atoms with Gasteiger partial charge in [-0.3, -0.25) is 0 Å². The van der Waals surface area contributed by atoms with E-state index in [9.17, 15) is 8.42 Å². The Morgan fingerprint density at radius 1 is 1.00 bits per heavy atom. The van der Waals surface area contributed by atoms with Crippen LogP contribution in [0.1, 0.15) is 30.9 Å². The summed E-state index contributed by atoms with van der Waals surface area (Å²) in [6.07, 6.45) is 1.14. The molecule has 4 aromatic rings. The minimum absolute atomic E-state index is 0.0148. The lowest BCUT2D eigenvalue weighted by Gasteiger charge is -2.31. The van der Waals surface area contributed by atoms with Crippen LogP contribution >= 0.6 is 0 Å². The van der Waals surface area contributed by atoms with Crippen LogP contribution in [0.15, 0.2) is 83.8 Å². The van der Waals surface area contributed by atoms with Gasteiger partial charge in [-0.15, -0.1) is 0 Å². The molecular formula is C30H30N2O4S. The Bertz CT molecular complexity index is 1570. The Labute approximate surface area is 218 Å². The number of rotatable bonds is 5. The van der Waals surface area contributed by atoms with Crippen molar-refractivity contribution < 1.29 is 17.9 Å². The van der Waals surface area contributed by atoms with Gasteiger partial charge >= 0.3 is 0 Å². The van der Waals surface area contributed by atoms with Crippen molar-refractivity contribution in [3.63, 3.8) is 0 Å². The summed E-state index contributed by atoms with van der Waals surface area (Å²) in [6.45, 7) is 4.03. The van der Waals surface area contributed by atoms with E-state index in [0.717, 1.165) is 29.4 Å². The molecule has 3 aromatic carbocycles. The van der Waals surface area contributed by atoms with Crippen molar-refractivity contribution in [2.75, 3.05) is 6.61 Å². The summed E-state index contributed by atoms with van der Waals surface area (Å²) in [4.78, 5) is 0.223. The summed E-state index contributed by atoms with van der Waals surface area (Å²) in [5, 5.41) is 0.762. The molecule has 5 rings (SSSR count). The van der Waals surface area contributed by atoms with Gasteiger partial charge in [-0.25, -0.2) is 12.4 Å². The fraction of sp³-hybridized carbons (Fsp3) is 0.267. The molecular weight excluding hydrogens is 484 g/mol. The second-order valence-corrected chi connectivity index (χ2v) is 11.1. The predicted molar refractivity (Wildman–Crippen MR) is 146 cm³/mol. The molecule has 0 bridgehead atoms. The van der Waals surface area contributed by atoms with E-state index in [1.807, 2.05) is 68.4 Å². The minimum atomic E-state index is -3.91. The number of para-hydroxylation sites is 1. The first-order valence-electron chi connectivity index (χ1n) is 12.4. The standard InChI is InChI=1S/C30H30N2O4S/c1-21-14-16-24(17-15-21)37(33,34)32-28-13-7-6-11-25(28)26(30(32)23-9-4-3-5-10-23)12-8-20-35-29-19-18-27(31)22(2)36-29/h3-7,9-11,13-17,22,27,29H,18-20,31H2,1-2H3/t22-,27-,29+/m0/s1. The zero-order valence-corrected chi connectivity index (χ0v) is 21.7. The summed E-state index contributed by atoms with van der Waals surface area (Å²) < 4.78 is 41.1. The molecule has 2 N–H and O–H groups in total. The van der Waals surface area contributed by atoms with E-state index in [2.05, 4.69) is 11.8 Å². The maximum absolute atomic E-state index is 14.0. The highest BCUT2D eigenvalue weighted by atomic mass is 32.2. The van der Waals surface area contributed by atoms with E-state index in [4.69, 9.17) is 15.2 Å². The number of nitrogens with two attached hydrogens (primary N) is 1. The maximum atomic E-state index is 14.0. The van der Waals surface area contributed by atoms with Crippen molar-refractivity contribution in [2.45, 2.75) is 50.0 Å². The highest BCUT2D eigenvalue weighted by Crippen LogP contribution is 2.36. The zero-order chi connectivity index (χ0) is 26.0. The molecule has 1 aliphatic rings. The van der Waals surface area contributed by atoms with Crippen molar-refractivity contribution in [3.8, 4) is 23.1 Å². The Hall–Kier alpha value is -3.41. The molecule has 1 fully saturated rings. The molecule has 0 spiro atoms. The van der Waals surface area contributed by atoms with Crippen molar-refractivity contribution in [1.82, 2.24) is 3.97 Å². The Balaban J connectivity index is 1.61. The van der Waals surface area contributed by atoms with Crippen LogP contribution in [0.5, 0.6) is 0 Å². The molecule has 3 atom stereocenters. The fourth-order valence-electron chi connectivity index (χ4n) is 4.61. The van der Waals surface area contributed by atoms with Crippen LogP contribution < -0.4 is 5.73 Å². The van der Waals surface area contributed by atoms with Gasteiger partial charge in [-0.05, 0) is 44.9 Å². The molecule has 0 radical (unpaired) electrons. The number of benzene rings is 3. The van der Waals surface area contributed by atoms with Crippen LogP contribution in [0.4, 0.5) is 0 Å². The third-order valence-corrected chi connectivity index (χ3v) is 8.43. The quantitative estimate of drug-likeness (QED) is 0.376. The molecule has 190 valence electrons. The van der Waals surface area contributed by atoms with E-state index in [1.165, 1.54) is 3.97 Å². The number of fused-ring (bicyclic) bond motifs is 1. The lowest BCUT2D eigenvalue weighted by molar-refractivity contribution is -0.187. The molecule has 0 amide bonds. The molecule has 2 heterocycles. The molecule has 0 saturated carbocycles. The summed E-state index contributed by atoms with van der Waals surface area (Å²) in [5.41, 5.74) is 9.52. The van der Waals surface area contributed by atoms with Crippen LogP contribution in [-0.4, -0.2) is 37.4 Å². The van der Waals surface area contributed by atoms with Gasteiger partial charge in [0, 0.05) is 17.0 Å². The zero-order valence-electron chi connectivity index (χ0n) is 20.9. The van der Waals surface area contributed by atoms with Crippen LogP contribution in [0, 0.1) is 18.8 Å². The summed E-state index contributed by atoms with van der Waals surface area (Å²) in [6, 6.07) is 23.8. The molecule has 7 heteroatoms. The maximum Gasteiger partial charge on any atom is 0.268 e. The SMILES string of the molecule is Cc1ccc(S(=O)(=O)n2c(-c3ccccc3)c(C#CCO[C@H]3CC[C@H](N)[C@H](C)O3)c3ccccc32)cc1. The van der Waals surface area contributed by atoms with Crippen LogP contribution in [0.25, 0.3) is 22.2 Å². The molecule has 1 saturated heterocycles. The van der Waals surface area contributed by atoms with Gasteiger partial charge in [-0.2, -0.15) is 0 Å². The number of hydrogen-bond donors (Lipinski definition) is 1. The second kappa shape index (κ2) is 10.5. The van der Waals surface area contributed by atoms with Crippen LogP contribution in [-0.2, 0) is 19.5 Å². The summed E-state index contributed by atoms with van der Waals surface area (Å²) >= 11 is 0. The average Bonchev–Trinajstić information content (AvgIpc) is 3.24. The smallest absolute Gasteiger partial charge is 0.268 e. The average molecular weight is 515 g/mol. The predicted octanol–water partition coefficient (Wildman–Crippen LogP) is 5.07. The Morgan fingerprint density at radius 2 is 1.70 bits per heavy atom. The van der Waals surface area contributed by atoms with Gasteiger partial charge in [-0.1, -0.05) is 78.1 Å². The molecule has 1 aromatic heterocycles. The van der Waals surface area contributed by atoms with E-state index < -0.39 is 10.0 Å². The van der Waals surface area contributed by atoms with Gasteiger partial charge in [0.15, 0.2) is 6.29 Å². The third kappa shape index (κ3) is 5.07. The number of hydrogen-bond acceptors (Lipinski definition) is 5. The first kappa shape index (κ1) is 25.2. The number of aromatic nitrogens is 1. The van der Waals surface area contributed by atoms with Crippen molar-refractivity contribution in [2.24, 2.45) is 5.73 Å². The Kier molecular flexibility index (Phi) is 7.18. The number of aryl methyl sites for hydroxylation is 1. The van der Waals surface area contributed by atoms with E-state index in [1.54, 1.807) is 24.3 Å². The van der Waals surface area contributed by atoms with E-state index in [-0.39, 0.29) is 29.9 Å². The monoisotopic (exact) mass is 514 g/mol. The second-order valence-electron chi connectivity index (χ2n) is 9.31. The summed E-state index contributed by atoms with van der Waals surface area (Å²) in [7, 11) is -3.91. The minimum Gasteiger partial charge on any atom is -0.348 e.